The number of aromatic amines is 1. The maximum absolute atomic E-state index is 6.07. The molecule has 0 atom stereocenters. The van der Waals surface area contributed by atoms with E-state index in [1.807, 2.05) is 24.3 Å². The molecule has 1 aliphatic carbocycles. The predicted octanol–water partition coefficient (Wildman–Crippen LogP) is 5.05. The van der Waals surface area contributed by atoms with Crippen LogP contribution in [0.1, 0.15) is 41.1 Å². The number of nitrogens with zero attached hydrogens (tertiary/aromatic N) is 3. The molecule has 5 heteroatoms. The third-order valence-electron chi connectivity index (χ3n) is 6.62. The summed E-state index contributed by atoms with van der Waals surface area (Å²) in [6, 6.07) is 16.6. The van der Waals surface area contributed by atoms with Gasteiger partial charge in [0.1, 0.15) is 18.2 Å². The Morgan fingerprint density at radius 2 is 2.00 bits per heavy atom. The Balaban J connectivity index is 1.16. The summed E-state index contributed by atoms with van der Waals surface area (Å²) in [4.78, 5) is 15.5. The molecule has 162 valence electrons. The molecule has 1 saturated carbocycles. The van der Waals surface area contributed by atoms with Gasteiger partial charge in [-0.15, -0.1) is 0 Å². The van der Waals surface area contributed by atoms with Crippen LogP contribution >= 0.6 is 0 Å². The second-order valence-corrected chi connectivity index (χ2v) is 9.16. The summed E-state index contributed by atoms with van der Waals surface area (Å²) in [5, 5.41) is 1.23. The van der Waals surface area contributed by atoms with Crippen LogP contribution in [0.25, 0.3) is 10.9 Å². The third kappa shape index (κ3) is 4.26. The number of hydrogen-bond acceptors (Lipinski definition) is 4. The molecule has 0 radical (unpaired) electrons. The molecule has 6 rings (SSSR count). The molecular weight excluding hydrogens is 396 g/mol. The van der Waals surface area contributed by atoms with Crippen LogP contribution in [0.3, 0.4) is 0 Å². The maximum Gasteiger partial charge on any atom is 0.128 e. The minimum absolute atomic E-state index is 0.581. The van der Waals surface area contributed by atoms with Gasteiger partial charge in [-0.1, -0.05) is 30.3 Å². The predicted molar refractivity (Wildman–Crippen MR) is 125 cm³/mol. The van der Waals surface area contributed by atoms with Crippen LogP contribution in [0.15, 0.2) is 60.9 Å². The Morgan fingerprint density at radius 3 is 2.88 bits per heavy atom. The molecule has 0 bridgehead atoms. The third-order valence-corrected chi connectivity index (χ3v) is 6.62. The minimum atomic E-state index is 0.581. The summed E-state index contributed by atoms with van der Waals surface area (Å²) >= 11 is 0. The lowest BCUT2D eigenvalue weighted by molar-refractivity contribution is 0.241. The zero-order valence-corrected chi connectivity index (χ0v) is 18.3. The smallest absolute Gasteiger partial charge is 0.128 e. The van der Waals surface area contributed by atoms with Crippen molar-refractivity contribution in [1.82, 2.24) is 19.9 Å². The van der Waals surface area contributed by atoms with Crippen molar-refractivity contribution in [2.75, 3.05) is 6.54 Å². The normalized spacial score (nSPS) is 16.2. The number of hydrogen-bond donors (Lipinski definition) is 1. The molecule has 0 unspecified atom stereocenters. The number of H-pyrrole nitrogens is 1. The Bertz CT molecular complexity index is 1230. The molecule has 0 spiro atoms. The van der Waals surface area contributed by atoms with E-state index in [1.165, 1.54) is 40.6 Å². The summed E-state index contributed by atoms with van der Waals surface area (Å²) in [7, 11) is 0. The van der Waals surface area contributed by atoms with Crippen molar-refractivity contribution < 1.29 is 4.74 Å². The van der Waals surface area contributed by atoms with Crippen LogP contribution in [-0.2, 0) is 32.5 Å². The van der Waals surface area contributed by atoms with E-state index in [9.17, 15) is 0 Å². The van der Waals surface area contributed by atoms with Gasteiger partial charge in [0.2, 0.25) is 0 Å². The molecule has 3 heterocycles. The second-order valence-electron chi connectivity index (χ2n) is 9.16. The van der Waals surface area contributed by atoms with Gasteiger partial charge < -0.3 is 9.72 Å². The van der Waals surface area contributed by atoms with Crippen LogP contribution in [0, 0.1) is 5.92 Å². The molecular formula is C27H28N4O. The topological polar surface area (TPSA) is 54.0 Å². The van der Waals surface area contributed by atoms with Gasteiger partial charge in [0.15, 0.2) is 0 Å². The lowest BCUT2D eigenvalue weighted by Crippen LogP contribution is -2.31. The summed E-state index contributed by atoms with van der Waals surface area (Å²) in [5.41, 5.74) is 6.17. The van der Waals surface area contributed by atoms with E-state index in [4.69, 9.17) is 9.72 Å². The number of ether oxygens (including phenoxy) is 1. The van der Waals surface area contributed by atoms with E-state index in [0.717, 1.165) is 55.5 Å². The molecule has 1 aliphatic heterocycles. The van der Waals surface area contributed by atoms with E-state index < -0.39 is 0 Å². The number of nitrogens with one attached hydrogen (secondary N) is 1. The summed E-state index contributed by atoms with van der Waals surface area (Å²) in [6.45, 7) is 3.42. The van der Waals surface area contributed by atoms with Crippen molar-refractivity contribution in [2.24, 2.45) is 5.92 Å². The van der Waals surface area contributed by atoms with E-state index in [1.54, 1.807) is 0 Å². The fourth-order valence-electron chi connectivity index (χ4n) is 4.57. The molecule has 1 fully saturated rings. The van der Waals surface area contributed by atoms with Crippen molar-refractivity contribution in [2.45, 2.75) is 45.4 Å². The first-order valence-electron chi connectivity index (χ1n) is 11.6. The molecule has 1 N–H and O–H groups in total. The van der Waals surface area contributed by atoms with Crippen molar-refractivity contribution in [3.8, 4) is 5.75 Å². The first kappa shape index (κ1) is 19.5. The summed E-state index contributed by atoms with van der Waals surface area (Å²) in [6.07, 6.45) is 8.95. The molecule has 32 heavy (non-hydrogen) atoms. The van der Waals surface area contributed by atoms with Crippen molar-refractivity contribution in [3.05, 3.63) is 89.1 Å². The highest BCUT2D eigenvalue weighted by atomic mass is 16.5. The summed E-state index contributed by atoms with van der Waals surface area (Å²) < 4.78 is 6.07. The standard InChI is InChI=1S/C27H28N4O/c1-2-4-20(5-3-1)18-32-23-8-9-25-24(13-23)22(15-28-25)16-31-11-10-21-14-29-27(12-19-6-7-19)30-26(21)17-31/h1-5,8-9,13-15,19,28H,6-7,10-12,16-18H2. The van der Waals surface area contributed by atoms with Gasteiger partial charge in [0.25, 0.3) is 0 Å². The maximum atomic E-state index is 6.07. The lowest BCUT2D eigenvalue weighted by atomic mass is 10.1. The molecule has 4 aromatic rings. The Labute approximate surface area is 188 Å². The second kappa shape index (κ2) is 8.40. The summed E-state index contributed by atoms with van der Waals surface area (Å²) in [5.74, 6) is 2.75. The van der Waals surface area contributed by atoms with E-state index in [2.05, 4.69) is 51.5 Å². The molecule has 5 nitrogen and oxygen atoms in total. The van der Waals surface area contributed by atoms with E-state index in [0.29, 0.717) is 6.61 Å². The average molecular weight is 425 g/mol. The van der Waals surface area contributed by atoms with Gasteiger partial charge in [-0.2, -0.15) is 0 Å². The van der Waals surface area contributed by atoms with E-state index in [-0.39, 0.29) is 0 Å². The molecule has 0 saturated heterocycles. The minimum Gasteiger partial charge on any atom is -0.489 e. The van der Waals surface area contributed by atoms with Crippen LogP contribution in [-0.4, -0.2) is 26.4 Å². The van der Waals surface area contributed by atoms with Crippen LogP contribution in [0.4, 0.5) is 0 Å². The molecule has 2 aliphatic rings. The monoisotopic (exact) mass is 424 g/mol. The molecule has 0 amide bonds. The van der Waals surface area contributed by atoms with Gasteiger partial charge in [0, 0.05) is 49.4 Å². The van der Waals surface area contributed by atoms with Crippen molar-refractivity contribution in [3.63, 3.8) is 0 Å². The SMILES string of the molecule is c1ccc(COc2ccc3[nH]cc(CN4CCc5cnc(CC6CC6)nc5C4)c3c2)cc1. The Morgan fingerprint density at radius 1 is 1.09 bits per heavy atom. The zero-order chi connectivity index (χ0) is 21.3. The highest BCUT2D eigenvalue weighted by molar-refractivity contribution is 5.84. The molecule has 2 aromatic carbocycles. The zero-order valence-electron chi connectivity index (χ0n) is 18.3. The lowest BCUT2D eigenvalue weighted by Gasteiger charge is -2.27. The highest BCUT2D eigenvalue weighted by Crippen LogP contribution is 2.32. The molecule has 2 aromatic heterocycles. The first-order chi connectivity index (χ1) is 15.8. The average Bonchev–Trinajstić information content (AvgIpc) is 3.56. The van der Waals surface area contributed by atoms with Gasteiger partial charge in [-0.25, -0.2) is 9.97 Å². The van der Waals surface area contributed by atoms with Gasteiger partial charge in [-0.3, -0.25) is 4.90 Å². The Kier molecular flexibility index (Phi) is 5.12. The van der Waals surface area contributed by atoms with Crippen molar-refractivity contribution in [1.29, 1.82) is 0 Å². The first-order valence-corrected chi connectivity index (χ1v) is 11.6. The quantitative estimate of drug-likeness (QED) is 0.451. The number of aromatic nitrogens is 3. The number of benzene rings is 2. The highest BCUT2D eigenvalue weighted by Gasteiger charge is 2.24. The fraction of sp³-hybridized carbons (Fsp3) is 0.333. The van der Waals surface area contributed by atoms with Crippen LogP contribution in [0.2, 0.25) is 0 Å². The largest absolute Gasteiger partial charge is 0.489 e. The Hall–Kier alpha value is -3.18. The van der Waals surface area contributed by atoms with Gasteiger partial charge >= 0.3 is 0 Å². The van der Waals surface area contributed by atoms with Gasteiger partial charge in [-0.05, 0) is 60.1 Å². The van der Waals surface area contributed by atoms with Crippen LogP contribution < -0.4 is 4.74 Å². The number of rotatable bonds is 7. The number of fused-ring (bicyclic) bond motifs is 2. The fourth-order valence-corrected chi connectivity index (χ4v) is 4.57. The van der Waals surface area contributed by atoms with E-state index >= 15 is 0 Å². The van der Waals surface area contributed by atoms with Crippen molar-refractivity contribution >= 4 is 10.9 Å². The van der Waals surface area contributed by atoms with Crippen LogP contribution in [0.5, 0.6) is 5.75 Å². The van der Waals surface area contributed by atoms with Gasteiger partial charge in [0.05, 0.1) is 5.69 Å².